The van der Waals surface area contributed by atoms with Gasteiger partial charge in [0.1, 0.15) is 11.0 Å². The highest BCUT2D eigenvalue weighted by Gasteiger charge is 2.45. The van der Waals surface area contributed by atoms with E-state index in [1.165, 1.54) is 94.7 Å². The first kappa shape index (κ1) is 49.5. The number of para-hydroxylation sites is 2. The van der Waals surface area contributed by atoms with E-state index in [9.17, 15) is 0 Å². The summed E-state index contributed by atoms with van der Waals surface area (Å²) in [7, 11) is 0. The zero-order valence-corrected chi connectivity index (χ0v) is 46.7. The maximum atomic E-state index is 6.57. The number of anilines is 6. The largest absolute Gasteiger partial charge is 0.455 e. The van der Waals surface area contributed by atoms with E-state index in [0.29, 0.717) is 0 Å². The van der Waals surface area contributed by atoms with Gasteiger partial charge >= 0.3 is 0 Å². The standard InChI is InChI=1S/C70H70BN3O/c1-18-24-53-54-38-56-60(39-59(54)72(57(53)20-3)65-41(5)25-23-26-42(65)6)74(66-43(7)33-48(34-44(66)8)51(19-2)68-47(11)52-27-21-22-28-63(52)75-68)62-32-40(4)31-61-64(62)71(56)55-37-49(69(12,13)14)29-30-58(55)73(61)67-45(9)35-50(36-46(67)10)70(15,16)17/h18-39H,2-3,11H2,1,4-10,12-17H3/b24-18-,68-51-. The molecule has 2 aliphatic rings. The molecule has 0 bridgehead atoms. The number of hydrogen-bond acceptors (Lipinski definition) is 3. The zero-order chi connectivity index (χ0) is 53.3. The molecule has 0 saturated carbocycles. The van der Waals surface area contributed by atoms with Crippen LogP contribution in [0, 0.1) is 48.5 Å². The lowest BCUT2D eigenvalue weighted by molar-refractivity contribution is 0.573. The van der Waals surface area contributed by atoms with Gasteiger partial charge in [-0.25, -0.2) is 0 Å². The maximum absolute atomic E-state index is 6.57. The molecule has 0 unspecified atom stereocenters. The van der Waals surface area contributed by atoms with Crippen molar-refractivity contribution in [1.29, 1.82) is 0 Å². The van der Waals surface area contributed by atoms with Crippen LogP contribution in [0.15, 0.2) is 139 Å². The van der Waals surface area contributed by atoms with Crippen LogP contribution in [-0.4, -0.2) is 11.3 Å². The number of aryl methyl sites for hydroxylation is 7. The summed E-state index contributed by atoms with van der Waals surface area (Å²) in [6.45, 7) is 45.2. The van der Waals surface area contributed by atoms with E-state index in [2.05, 4.69) is 234 Å². The Morgan fingerprint density at radius 2 is 1.16 bits per heavy atom. The Bertz CT molecular complexity index is 4020. The Hall–Kier alpha value is -7.76. The highest BCUT2D eigenvalue weighted by Crippen LogP contribution is 2.50. The summed E-state index contributed by atoms with van der Waals surface area (Å²) in [5.74, 6) is 0. The van der Waals surface area contributed by atoms with Crippen LogP contribution in [0.5, 0.6) is 0 Å². The van der Waals surface area contributed by atoms with Crippen LogP contribution in [-0.2, 0) is 10.8 Å². The molecule has 0 N–H and O–H groups in total. The minimum atomic E-state index is -0.0902. The lowest BCUT2D eigenvalue weighted by atomic mass is 9.33. The van der Waals surface area contributed by atoms with Gasteiger partial charge in [0.05, 0.1) is 28.3 Å². The highest BCUT2D eigenvalue weighted by molar-refractivity contribution is 7.00. The third-order valence-corrected chi connectivity index (χ3v) is 16.2. The smallest absolute Gasteiger partial charge is 0.252 e. The lowest BCUT2D eigenvalue weighted by Gasteiger charge is -2.46. The minimum absolute atomic E-state index is 0.00396. The predicted octanol–water partition coefficient (Wildman–Crippen LogP) is 15.7. The van der Waals surface area contributed by atoms with Crippen molar-refractivity contribution in [3.05, 3.63) is 212 Å². The lowest BCUT2D eigenvalue weighted by Crippen LogP contribution is -2.61. The second-order valence-electron chi connectivity index (χ2n) is 23.5. The topological polar surface area (TPSA) is 24.6 Å². The first-order valence-electron chi connectivity index (χ1n) is 26.7. The SMILES string of the molecule is C=C/C(c1cc(C)c(N2c3cc4c(cc3B3c5cc(C(C)(C)C)ccc5N(c5c(C)cc(C(C)(C)C)cc5C)c5cc(C)cc2c53)c(/C=C\C)c(C=C)n4-c2c(C)cccc2C)c(C)c1)=c1/oc2ccccc2c1=C. The predicted molar refractivity (Wildman–Crippen MR) is 326 cm³/mol. The third-order valence-electron chi connectivity index (χ3n) is 16.2. The van der Waals surface area contributed by atoms with Crippen molar-refractivity contribution >= 4 is 103 Å². The first-order valence-corrected chi connectivity index (χ1v) is 26.7. The number of allylic oxidation sites excluding steroid dienone is 2. The van der Waals surface area contributed by atoms with E-state index in [0.717, 1.165) is 66.5 Å². The Kier molecular flexibility index (Phi) is 11.7. The van der Waals surface area contributed by atoms with Crippen molar-refractivity contribution in [2.45, 2.75) is 108 Å². The van der Waals surface area contributed by atoms with Gasteiger partial charge in [0.2, 0.25) is 0 Å². The summed E-state index contributed by atoms with van der Waals surface area (Å²) >= 11 is 0. The second-order valence-corrected chi connectivity index (χ2v) is 23.5. The van der Waals surface area contributed by atoms with E-state index in [4.69, 9.17) is 4.42 Å². The molecule has 4 heterocycles. The van der Waals surface area contributed by atoms with Crippen LogP contribution >= 0.6 is 0 Å². The number of fused-ring (bicyclic) bond motifs is 6. The van der Waals surface area contributed by atoms with Crippen LogP contribution in [0.3, 0.4) is 0 Å². The molecule has 0 atom stereocenters. The summed E-state index contributed by atoms with van der Waals surface area (Å²) in [4.78, 5) is 5.22. The van der Waals surface area contributed by atoms with Crippen LogP contribution in [0.4, 0.5) is 34.1 Å². The molecule has 0 saturated heterocycles. The molecule has 2 aliphatic heterocycles. The van der Waals surface area contributed by atoms with Gasteiger partial charge in [-0.1, -0.05) is 146 Å². The number of aromatic nitrogens is 1. The van der Waals surface area contributed by atoms with Crippen molar-refractivity contribution in [2.75, 3.05) is 9.80 Å². The van der Waals surface area contributed by atoms with E-state index in [1.807, 2.05) is 30.4 Å². The molecule has 2 aromatic heterocycles. The molecule has 0 amide bonds. The molecule has 374 valence electrons. The minimum Gasteiger partial charge on any atom is -0.455 e. The molecule has 0 fully saturated rings. The van der Waals surface area contributed by atoms with Gasteiger partial charge in [-0.15, -0.1) is 0 Å². The number of benzene rings is 7. The van der Waals surface area contributed by atoms with Gasteiger partial charge in [-0.05, 0) is 187 Å². The quantitative estimate of drug-likeness (QED) is 0.149. The molecule has 0 spiro atoms. The van der Waals surface area contributed by atoms with E-state index in [-0.39, 0.29) is 17.5 Å². The Morgan fingerprint density at radius 1 is 0.573 bits per heavy atom. The molecule has 7 aromatic carbocycles. The molecular formula is C70H70BN3O. The fourth-order valence-electron chi connectivity index (χ4n) is 12.7. The van der Waals surface area contributed by atoms with Gasteiger partial charge in [0, 0.05) is 49.9 Å². The zero-order valence-electron chi connectivity index (χ0n) is 46.7. The van der Waals surface area contributed by atoms with Gasteiger partial charge < -0.3 is 18.8 Å². The monoisotopic (exact) mass is 980 g/mol. The third kappa shape index (κ3) is 7.63. The van der Waals surface area contributed by atoms with Gasteiger partial charge in [-0.3, -0.25) is 0 Å². The average molecular weight is 980 g/mol. The Morgan fingerprint density at radius 3 is 1.73 bits per heavy atom. The van der Waals surface area contributed by atoms with Crippen molar-refractivity contribution in [3.8, 4) is 5.69 Å². The molecule has 11 rings (SSSR count). The van der Waals surface area contributed by atoms with Crippen molar-refractivity contribution < 1.29 is 4.42 Å². The summed E-state index contributed by atoms with van der Waals surface area (Å²) < 4.78 is 9.04. The van der Waals surface area contributed by atoms with Crippen LogP contribution < -0.4 is 36.8 Å². The van der Waals surface area contributed by atoms with E-state index in [1.54, 1.807) is 0 Å². The normalized spacial score (nSPS) is 13.7. The van der Waals surface area contributed by atoms with E-state index < -0.39 is 0 Å². The summed E-state index contributed by atoms with van der Waals surface area (Å²) in [5, 5.41) is 3.08. The number of furan rings is 1. The fourth-order valence-corrected chi connectivity index (χ4v) is 12.7. The van der Waals surface area contributed by atoms with Gasteiger partial charge in [0.25, 0.3) is 6.71 Å². The van der Waals surface area contributed by atoms with Crippen LogP contribution in [0.1, 0.15) is 115 Å². The van der Waals surface area contributed by atoms with Crippen LogP contribution in [0.2, 0.25) is 0 Å². The summed E-state index contributed by atoms with van der Waals surface area (Å²) in [6.07, 6.45) is 8.42. The molecule has 5 heteroatoms. The molecule has 9 aromatic rings. The Labute approximate surface area is 445 Å². The Balaban J connectivity index is 1.29. The molecular weight excluding hydrogens is 910 g/mol. The van der Waals surface area contributed by atoms with Crippen molar-refractivity contribution in [3.63, 3.8) is 0 Å². The molecule has 0 aliphatic carbocycles. The maximum Gasteiger partial charge on any atom is 0.252 e. The van der Waals surface area contributed by atoms with Gasteiger partial charge in [0.15, 0.2) is 0 Å². The van der Waals surface area contributed by atoms with E-state index >= 15 is 0 Å². The molecule has 4 nitrogen and oxygen atoms in total. The molecule has 0 radical (unpaired) electrons. The molecule has 75 heavy (non-hydrogen) atoms. The number of hydrogen-bond donors (Lipinski definition) is 0. The van der Waals surface area contributed by atoms with Crippen LogP contribution in [0.25, 0.3) is 51.9 Å². The van der Waals surface area contributed by atoms with Crippen molar-refractivity contribution in [2.24, 2.45) is 0 Å². The summed E-state index contributed by atoms with van der Waals surface area (Å²) in [5.41, 5.74) is 30.2. The first-order chi connectivity index (χ1) is 35.7. The highest BCUT2D eigenvalue weighted by atomic mass is 16.3. The summed E-state index contributed by atoms with van der Waals surface area (Å²) in [6, 6.07) is 41.5. The number of rotatable bonds is 7. The second kappa shape index (κ2) is 17.7. The average Bonchev–Trinajstić information content (AvgIpc) is 3.86. The van der Waals surface area contributed by atoms with Gasteiger partial charge in [-0.2, -0.15) is 0 Å². The number of nitrogens with zero attached hydrogens (tertiary/aromatic N) is 3. The fraction of sp³-hybridized carbons (Fsp3) is 0.229. The van der Waals surface area contributed by atoms with Crippen molar-refractivity contribution in [1.82, 2.24) is 4.57 Å².